The van der Waals surface area contributed by atoms with Crippen molar-refractivity contribution in [2.75, 3.05) is 0 Å². The molecule has 172 valence electrons. The SMILES string of the molecule is CCCCCC(CC)N1C(=O)c2cccc3c(C4=C=C=C(C5=C=C=CC=N5)C=C4)ccc(c23)C1=O. The standard InChI is InChI=1S/C31H26N2O2/c1-3-5-6-10-23(4-2)33-30(34)26-12-9-11-25-24(18-19-27(29(25)26)31(33)35)21-14-16-22(17-15-21)28-13-7-8-20-32-28/h8-9,11-12,14,16,18-20,23H,3-6,10H2,1-2H3. The first-order valence-electron chi connectivity index (χ1n) is 12.3. The predicted octanol–water partition coefficient (Wildman–Crippen LogP) is 6.71. The lowest BCUT2D eigenvalue weighted by Crippen LogP contribution is -2.46. The first kappa shape index (κ1) is 22.6. The summed E-state index contributed by atoms with van der Waals surface area (Å²) in [6.45, 7) is 4.21. The molecule has 0 bridgehead atoms. The molecule has 0 fully saturated rings. The van der Waals surface area contributed by atoms with Crippen LogP contribution in [0.4, 0.5) is 0 Å². The van der Waals surface area contributed by atoms with E-state index >= 15 is 0 Å². The Hall–Kier alpha value is -4.15. The Bertz CT molecular complexity index is 1500. The average molecular weight is 459 g/mol. The van der Waals surface area contributed by atoms with Crippen molar-refractivity contribution in [3.05, 3.63) is 99.4 Å². The molecule has 5 rings (SSSR count). The van der Waals surface area contributed by atoms with Crippen molar-refractivity contribution >= 4 is 34.4 Å². The average Bonchev–Trinajstić information content (AvgIpc) is 2.91. The van der Waals surface area contributed by atoms with Crippen LogP contribution in [0.2, 0.25) is 0 Å². The molecule has 2 amide bonds. The molecule has 0 N–H and O–H groups in total. The number of unbranched alkanes of at least 4 members (excludes halogenated alkanes) is 2. The molecule has 1 atom stereocenters. The van der Waals surface area contributed by atoms with Gasteiger partial charge in [-0.3, -0.25) is 14.5 Å². The summed E-state index contributed by atoms with van der Waals surface area (Å²) in [6.07, 6.45) is 12.1. The first-order chi connectivity index (χ1) is 17.1. The monoisotopic (exact) mass is 458 g/mol. The first-order valence-corrected chi connectivity index (χ1v) is 12.3. The van der Waals surface area contributed by atoms with Crippen molar-refractivity contribution in [2.45, 2.75) is 52.0 Å². The number of nitrogens with zero attached hydrogens (tertiary/aromatic N) is 2. The topological polar surface area (TPSA) is 49.7 Å². The molecule has 4 heteroatoms. The maximum Gasteiger partial charge on any atom is 0.261 e. The zero-order chi connectivity index (χ0) is 24.4. The van der Waals surface area contributed by atoms with E-state index in [-0.39, 0.29) is 17.9 Å². The van der Waals surface area contributed by atoms with Gasteiger partial charge in [-0.25, -0.2) is 4.99 Å². The van der Waals surface area contributed by atoms with Gasteiger partial charge in [0.15, 0.2) is 0 Å². The number of rotatable bonds is 8. The van der Waals surface area contributed by atoms with E-state index in [4.69, 9.17) is 0 Å². The fourth-order valence-electron chi connectivity index (χ4n) is 4.94. The number of aliphatic imine (C=N–C) groups is 1. The van der Waals surface area contributed by atoms with Gasteiger partial charge in [0.25, 0.3) is 11.8 Å². The Morgan fingerprint density at radius 2 is 1.63 bits per heavy atom. The number of carbonyl (C=O) groups is 2. The van der Waals surface area contributed by atoms with Gasteiger partial charge in [0, 0.05) is 40.4 Å². The molecule has 2 aromatic rings. The van der Waals surface area contributed by atoms with Crippen LogP contribution in [0.3, 0.4) is 0 Å². The number of benzene rings is 2. The number of allylic oxidation sites excluding steroid dienone is 4. The van der Waals surface area contributed by atoms with Crippen LogP contribution in [-0.4, -0.2) is 29.0 Å². The Morgan fingerprint density at radius 1 is 0.886 bits per heavy atom. The summed E-state index contributed by atoms with van der Waals surface area (Å²) in [7, 11) is 0. The molecular weight excluding hydrogens is 432 g/mol. The fraction of sp³-hybridized carbons (Fsp3) is 0.258. The molecule has 0 saturated carbocycles. The minimum Gasteiger partial charge on any atom is -0.271 e. The minimum absolute atomic E-state index is 0.0826. The second-order valence-electron chi connectivity index (χ2n) is 8.90. The quantitative estimate of drug-likeness (QED) is 0.251. The smallest absolute Gasteiger partial charge is 0.261 e. The van der Waals surface area contributed by atoms with Gasteiger partial charge in [-0.15, -0.1) is 0 Å². The molecule has 0 aromatic heterocycles. The van der Waals surface area contributed by atoms with Gasteiger partial charge in [-0.05, 0) is 53.8 Å². The van der Waals surface area contributed by atoms with Gasteiger partial charge in [-0.1, -0.05) is 68.5 Å². The highest BCUT2D eigenvalue weighted by Crippen LogP contribution is 2.37. The second-order valence-corrected chi connectivity index (χ2v) is 8.90. The van der Waals surface area contributed by atoms with E-state index in [9.17, 15) is 9.59 Å². The maximum atomic E-state index is 13.6. The lowest BCUT2D eigenvalue weighted by molar-refractivity contribution is 0.0524. The van der Waals surface area contributed by atoms with Crippen LogP contribution in [0.15, 0.2) is 87.7 Å². The summed E-state index contributed by atoms with van der Waals surface area (Å²) < 4.78 is 0. The third-order valence-electron chi connectivity index (χ3n) is 6.76. The number of hydrogen-bond donors (Lipinski definition) is 0. The number of imide groups is 1. The van der Waals surface area contributed by atoms with E-state index in [0.717, 1.165) is 59.6 Å². The van der Waals surface area contributed by atoms with E-state index in [1.54, 1.807) is 12.3 Å². The van der Waals surface area contributed by atoms with Crippen LogP contribution in [0.5, 0.6) is 0 Å². The largest absolute Gasteiger partial charge is 0.271 e. The third kappa shape index (κ3) is 4.02. The Kier molecular flexibility index (Phi) is 6.21. The normalized spacial score (nSPS) is 16.6. The van der Waals surface area contributed by atoms with Crippen molar-refractivity contribution < 1.29 is 9.59 Å². The lowest BCUT2D eigenvalue weighted by Gasteiger charge is -2.34. The van der Waals surface area contributed by atoms with E-state index in [1.807, 2.05) is 49.4 Å². The molecule has 2 aliphatic heterocycles. The number of carbonyl (C=O) groups excluding carboxylic acids is 2. The third-order valence-corrected chi connectivity index (χ3v) is 6.76. The lowest BCUT2D eigenvalue weighted by atomic mass is 9.87. The summed E-state index contributed by atoms with van der Waals surface area (Å²) in [5, 5.41) is 1.60. The molecule has 0 spiro atoms. The van der Waals surface area contributed by atoms with Gasteiger partial charge in [0.1, 0.15) is 5.70 Å². The van der Waals surface area contributed by atoms with Crippen LogP contribution in [0, 0.1) is 0 Å². The van der Waals surface area contributed by atoms with E-state index in [0.29, 0.717) is 16.8 Å². The highest BCUT2D eigenvalue weighted by atomic mass is 16.2. The van der Waals surface area contributed by atoms with Gasteiger partial charge in [-0.2, -0.15) is 0 Å². The van der Waals surface area contributed by atoms with Crippen LogP contribution in [0.25, 0.3) is 16.3 Å². The zero-order valence-corrected chi connectivity index (χ0v) is 20.0. The summed E-state index contributed by atoms with van der Waals surface area (Å²) >= 11 is 0. The summed E-state index contributed by atoms with van der Waals surface area (Å²) in [4.78, 5) is 32.9. The van der Waals surface area contributed by atoms with Crippen LogP contribution < -0.4 is 0 Å². The Balaban J connectivity index is 1.59. The van der Waals surface area contributed by atoms with Gasteiger partial charge in [0.2, 0.25) is 0 Å². The van der Waals surface area contributed by atoms with Crippen LogP contribution in [0.1, 0.15) is 72.2 Å². The molecule has 1 unspecified atom stereocenters. The second kappa shape index (κ2) is 9.61. The fourth-order valence-corrected chi connectivity index (χ4v) is 4.94. The Morgan fingerprint density at radius 3 is 2.31 bits per heavy atom. The van der Waals surface area contributed by atoms with E-state index in [1.165, 1.54) is 4.90 Å². The maximum absolute atomic E-state index is 13.6. The molecule has 0 saturated heterocycles. The van der Waals surface area contributed by atoms with Gasteiger partial charge < -0.3 is 0 Å². The zero-order valence-electron chi connectivity index (χ0n) is 20.0. The van der Waals surface area contributed by atoms with Gasteiger partial charge >= 0.3 is 0 Å². The van der Waals surface area contributed by atoms with Crippen LogP contribution in [-0.2, 0) is 0 Å². The van der Waals surface area contributed by atoms with Crippen molar-refractivity contribution in [3.8, 4) is 0 Å². The molecule has 2 aromatic carbocycles. The minimum atomic E-state index is -0.193. The molecular formula is C31H26N2O2. The molecule has 0 radical (unpaired) electrons. The molecule has 4 nitrogen and oxygen atoms in total. The summed E-state index contributed by atoms with van der Waals surface area (Å²) in [5.74, 6) is -0.386. The summed E-state index contributed by atoms with van der Waals surface area (Å²) in [5.41, 5.74) is 16.6. The molecule has 2 heterocycles. The van der Waals surface area contributed by atoms with E-state index < -0.39 is 0 Å². The Labute approximate surface area is 205 Å². The number of hydrogen-bond acceptors (Lipinski definition) is 3. The summed E-state index contributed by atoms with van der Waals surface area (Å²) in [6, 6.07) is 9.42. The predicted molar refractivity (Wildman–Crippen MR) is 139 cm³/mol. The van der Waals surface area contributed by atoms with Crippen LogP contribution >= 0.6 is 0 Å². The van der Waals surface area contributed by atoms with Gasteiger partial charge in [0.05, 0.1) is 5.57 Å². The van der Waals surface area contributed by atoms with Crippen molar-refractivity contribution in [3.63, 3.8) is 0 Å². The highest BCUT2D eigenvalue weighted by molar-refractivity contribution is 6.26. The van der Waals surface area contributed by atoms with Crippen molar-refractivity contribution in [1.29, 1.82) is 0 Å². The van der Waals surface area contributed by atoms with Crippen molar-refractivity contribution in [1.82, 2.24) is 4.90 Å². The van der Waals surface area contributed by atoms with E-state index in [2.05, 4.69) is 34.8 Å². The molecule has 35 heavy (non-hydrogen) atoms. The number of amides is 2. The molecule has 3 aliphatic rings. The van der Waals surface area contributed by atoms with Crippen molar-refractivity contribution in [2.24, 2.45) is 4.99 Å². The molecule has 1 aliphatic carbocycles. The highest BCUT2D eigenvalue weighted by Gasteiger charge is 2.37.